The van der Waals surface area contributed by atoms with Gasteiger partial charge in [-0.1, -0.05) is 27.2 Å². The summed E-state index contributed by atoms with van der Waals surface area (Å²) < 4.78 is 62.2. The van der Waals surface area contributed by atoms with Gasteiger partial charge < -0.3 is 94.1 Å². The molecule has 0 radical (unpaired) electrons. The molecule has 0 saturated carbocycles. The van der Waals surface area contributed by atoms with Gasteiger partial charge in [-0.3, -0.25) is 43.3 Å². The van der Waals surface area contributed by atoms with Crippen LogP contribution in [-0.2, 0) is 106 Å². The van der Waals surface area contributed by atoms with E-state index in [0.717, 1.165) is 6.42 Å². The van der Waals surface area contributed by atoms with E-state index < -0.39 is 59.4 Å². The van der Waals surface area contributed by atoms with Gasteiger partial charge in [-0.2, -0.15) is 0 Å². The largest absolute Gasteiger partial charge is 0.458 e. The van der Waals surface area contributed by atoms with Crippen LogP contribution in [-0.4, -0.2) is 218 Å². The Kier molecular flexibility index (Phi) is 30.5. The van der Waals surface area contributed by atoms with Gasteiger partial charge in [-0.05, 0) is 68.7 Å². The second-order valence-electron chi connectivity index (χ2n) is 22.8. The van der Waals surface area contributed by atoms with Gasteiger partial charge in [-0.25, -0.2) is 9.78 Å². The fourth-order valence-electron chi connectivity index (χ4n) is 10.6. The van der Waals surface area contributed by atoms with Gasteiger partial charge in [0.15, 0.2) is 17.1 Å². The van der Waals surface area contributed by atoms with E-state index in [1.165, 1.54) is 21.6 Å². The Morgan fingerprint density at radius 2 is 1.24 bits per heavy atom. The third-order valence-corrected chi connectivity index (χ3v) is 15.9. The number of carbonyl (C=O) groups is 8. The Bertz CT molecular complexity index is 3140. The lowest BCUT2D eigenvalue weighted by Gasteiger charge is -2.31. The normalized spacial score (nSPS) is 15.9. The molecular formula is C64H91N9O21. The molecule has 0 fully saturated rings. The number of pyridine rings is 2. The highest BCUT2D eigenvalue weighted by Crippen LogP contribution is 2.43. The van der Waals surface area contributed by atoms with Crippen molar-refractivity contribution in [2.45, 2.75) is 116 Å². The molecule has 4 aliphatic rings. The number of imide groups is 1. The zero-order chi connectivity index (χ0) is 67.2. The third kappa shape index (κ3) is 21.8. The molecule has 0 bridgehead atoms. The number of cyclic esters (lactones) is 1. The van der Waals surface area contributed by atoms with Crippen LogP contribution in [0.15, 0.2) is 35.1 Å². The number of ether oxygens (including phenoxy) is 11. The quantitative estimate of drug-likeness (QED) is 0.0179. The molecule has 0 aliphatic carbocycles. The predicted octanol–water partition coefficient (Wildman–Crippen LogP) is 0.420. The molecule has 8 N–H and O–H groups in total. The molecule has 7 rings (SSSR count). The van der Waals surface area contributed by atoms with E-state index in [2.05, 4.69) is 26.6 Å². The van der Waals surface area contributed by atoms with Crippen LogP contribution in [0.1, 0.15) is 101 Å². The van der Waals surface area contributed by atoms with Crippen LogP contribution in [0.4, 0.5) is 0 Å². The van der Waals surface area contributed by atoms with Crippen molar-refractivity contribution >= 4 is 58.2 Å². The average molecular weight is 1320 g/mol. The number of aliphatic hydroxyl groups is 1. The number of rotatable bonds is 47. The van der Waals surface area contributed by atoms with Gasteiger partial charge in [-0.15, -0.1) is 0 Å². The summed E-state index contributed by atoms with van der Waals surface area (Å²) in [4.78, 5) is 122. The molecule has 518 valence electrons. The number of nitrogens with one attached hydrogen (secondary N) is 5. The number of fused-ring (bicyclic) bond motifs is 6. The van der Waals surface area contributed by atoms with Crippen LogP contribution >= 0.6 is 0 Å². The first-order valence-electron chi connectivity index (χ1n) is 32.2. The molecular weight excluding hydrogens is 1230 g/mol. The topological polar surface area (TPSA) is 383 Å². The molecule has 94 heavy (non-hydrogen) atoms. The van der Waals surface area contributed by atoms with Crippen LogP contribution in [0, 0.1) is 5.92 Å². The zero-order valence-electron chi connectivity index (χ0n) is 54.0. The molecule has 30 heteroatoms. The van der Waals surface area contributed by atoms with E-state index in [1.807, 2.05) is 0 Å². The summed E-state index contributed by atoms with van der Waals surface area (Å²) in [5, 5.41) is 25.9. The maximum atomic E-state index is 14.0. The van der Waals surface area contributed by atoms with Crippen molar-refractivity contribution in [2.24, 2.45) is 11.7 Å². The minimum absolute atomic E-state index is 0.00482. The third-order valence-electron chi connectivity index (χ3n) is 15.9. The van der Waals surface area contributed by atoms with E-state index in [0.29, 0.717) is 183 Å². The second-order valence-corrected chi connectivity index (χ2v) is 22.8. The van der Waals surface area contributed by atoms with Crippen molar-refractivity contribution in [1.29, 1.82) is 0 Å². The Hall–Kier alpha value is -7.52. The van der Waals surface area contributed by atoms with Crippen molar-refractivity contribution < 1.29 is 95.6 Å². The second kappa shape index (κ2) is 38.7. The number of carbonyl (C=O) groups excluding carboxylic acids is 8. The van der Waals surface area contributed by atoms with Gasteiger partial charge in [0.05, 0.1) is 141 Å². The zero-order valence-corrected chi connectivity index (χ0v) is 54.0. The number of aromatic nitrogens is 2. The number of benzene rings is 1. The summed E-state index contributed by atoms with van der Waals surface area (Å²) in [5.74, 6) is -3.13. The van der Waals surface area contributed by atoms with Gasteiger partial charge in [0.2, 0.25) is 36.3 Å². The minimum atomic E-state index is -2.03. The summed E-state index contributed by atoms with van der Waals surface area (Å²) >= 11 is 0. The number of amides is 7. The van der Waals surface area contributed by atoms with Crippen molar-refractivity contribution in [3.05, 3.63) is 63.0 Å². The first-order chi connectivity index (χ1) is 45.5. The van der Waals surface area contributed by atoms with Crippen LogP contribution in [0.2, 0.25) is 0 Å². The molecule has 0 spiro atoms. The highest BCUT2D eigenvalue weighted by atomic mass is 16.7. The monoisotopic (exact) mass is 1320 g/mol. The first-order valence-corrected chi connectivity index (χ1v) is 32.2. The summed E-state index contributed by atoms with van der Waals surface area (Å²) in [6.07, 6.45) is 6.18. The lowest BCUT2D eigenvalue weighted by molar-refractivity contribution is -0.172. The molecule has 3 aromatic rings. The number of nitrogens with zero attached hydrogens (tertiary/aromatic N) is 3. The fourth-order valence-corrected chi connectivity index (χ4v) is 10.6. The van der Waals surface area contributed by atoms with Crippen LogP contribution in [0.3, 0.4) is 0 Å². The average Bonchev–Trinajstić information content (AvgIpc) is 1.56. The van der Waals surface area contributed by atoms with Crippen LogP contribution in [0.25, 0.3) is 22.3 Å². The van der Waals surface area contributed by atoms with Gasteiger partial charge in [0.25, 0.3) is 17.4 Å². The smallest absolute Gasteiger partial charge is 0.343 e. The lowest BCUT2D eigenvalue weighted by Crippen LogP contribution is -2.56. The van der Waals surface area contributed by atoms with Crippen LogP contribution < -0.4 is 47.4 Å². The summed E-state index contributed by atoms with van der Waals surface area (Å²) in [5.41, 5.74) is 6.08. The van der Waals surface area contributed by atoms with E-state index in [1.54, 1.807) is 39.0 Å². The number of hydrogen-bond donors (Lipinski definition) is 7. The SMILES string of the molecule is CC[C@@]1(O)C(=O)OCc2c1cc1n(c2=O)Cc2c-1nc1cc3c(cc1c2CNC(=O)CNC(=O)[C@H](CCCCN)NC(=O)[C@@H](NC(=O)CCOCCOCCOCCOCCOCCOCCOCCOCCNC(=O)CCCCCN1C(=O)C=CC1=O)C(C)C)OCO3. The van der Waals surface area contributed by atoms with Gasteiger partial charge >= 0.3 is 5.97 Å². The van der Waals surface area contributed by atoms with E-state index in [-0.39, 0.29) is 100 Å². The summed E-state index contributed by atoms with van der Waals surface area (Å²) in [7, 11) is 0. The fraction of sp³-hybridized carbons (Fsp3) is 0.625. The number of nitrogens with two attached hydrogens (primary N) is 1. The number of esters is 1. The molecule has 7 amide bonds. The van der Waals surface area contributed by atoms with Gasteiger partial charge in [0.1, 0.15) is 18.7 Å². The highest BCUT2D eigenvalue weighted by Gasteiger charge is 2.46. The first kappa shape index (κ1) is 73.9. The molecule has 3 atom stereocenters. The van der Waals surface area contributed by atoms with Crippen molar-refractivity contribution in [3.8, 4) is 22.9 Å². The van der Waals surface area contributed by atoms with Crippen molar-refractivity contribution in [2.75, 3.05) is 139 Å². The lowest BCUT2D eigenvalue weighted by atomic mass is 9.86. The molecule has 4 aliphatic heterocycles. The van der Waals surface area contributed by atoms with Gasteiger partial charge in [0, 0.05) is 67.2 Å². The minimum Gasteiger partial charge on any atom is -0.458 e. The molecule has 30 nitrogen and oxygen atoms in total. The molecule has 6 heterocycles. The Balaban J connectivity index is 0.691. The standard InChI is InChI=1S/C64H91N9O21/c1-4-64(83)47-35-50-59-45(39-73(50)62(81)46(47)40-92-63(64)82)44(43-34-51-52(94-41-93-51)36-49(43)69-59)37-67-55(76)38-68-60(79)48(10-7-8-15-65)70-61(80)58(42(2)3)71-54(75)14-18-84-20-22-86-24-26-88-28-30-90-32-33-91-31-29-89-27-25-87-23-21-85-19-16-66-53(74)11-6-5-9-17-72-56(77)12-13-57(72)78/h12-13,34-36,42,48,58,83H,4-11,14-33,37-41,65H2,1-3H3,(H,66,74)(H,67,76)(H,68,79)(H,70,80)(H,71,75)/t48-,58-,64-/m0/s1. The van der Waals surface area contributed by atoms with Crippen LogP contribution in [0.5, 0.6) is 11.5 Å². The Labute approximate surface area is 545 Å². The summed E-state index contributed by atoms with van der Waals surface area (Å²) in [6.45, 7) is 11.1. The molecule has 0 unspecified atom stereocenters. The predicted molar refractivity (Wildman–Crippen MR) is 336 cm³/mol. The summed E-state index contributed by atoms with van der Waals surface area (Å²) in [6, 6.07) is 2.99. The van der Waals surface area contributed by atoms with E-state index >= 15 is 0 Å². The number of unbranched alkanes of at least 4 members (excludes halogenated alkanes) is 3. The van der Waals surface area contributed by atoms with Crippen molar-refractivity contribution in [1.82, 2.24) is 41.0 Å². The Morgan fingerprint density at radius 3 is 1.84 bits per heavy atom. The maximum Gasteiger partial charge on any atom is 0.343 e. The van der Waals surface area contributed by atoms with E-state index in [9.17, 15) is 48.3 Å². The molecule has 2 aromatic heterocycles. The molecule has 1 aromatic carbocycles. The molecule has 0 saturated heterocycles. The van der Waals surface area contributed by atoms with Crippen molar-refractivity contribution in [3.63, 3.8) is 0 Å². The van der Waals surface area contributed by atoms with E-state index in [4.69, 9.17) is 62.8 Å². The maximum absolute atomic E-state index is 14.0. The Morgan fingerprint density at radius 1 is 0.649 bits per heavy atom. The highest BCUT2D eigenvalue weighted by molar-refractivity contribution is 6.12. The number of hydrogen-bond acceptors (Lipinski definition) is 23.